The van der Waals surface area contributed by atoms with Gasteiger partial charge in [0.25, 0.3) is 0 Å². The van der Waals surface area contributed by atoms with Crippen molar-refractivity contribution in [3.8, 4) is 0 Å². The van der Waals surface area contributed by atoms with E-state index in [1.54, 1.807) is 20.8 Å². The van der Waals surface area contributed by atoms with E-state index in [1.807, 2.05) is 0 Å². The number of carboxylic acid groups (broad SMARTS) is 1. The molecule has 0 aliphatic heterocycles. The zero-order valence-corrected chi connectivity index (χ0v) is 9.91. The summed E-state index contributed by atoms with van der Waals surface area (Å²) in [5, 5.41) is 9.12. The van der Waals surface area contributed by atoms with Crippen molar-refractivity contribution in [3.63, 3.8) is 0 Å². The van der Waals surface area contributed by atoms with Gasteiger partial charge in [-0.15, -0.1) is 0 Å². The van der Waals surface area contributed by atoms with Crippen molar-refractivity contribution in [1.82, 2.24) is 10.3 Å². The Morgan fingerprint density at radius 1 is 1.44 bits per heavy atom. The molecule has 6 nitrogen and oxygen atoms in total. The number of hydrazine groups is 1. The van der Waals surface area contributed by atoms with E-state index in [0.717, 1.165) is 0 Å². The molecule has 1 saturated carbocycles. The van der Waals surface area contributed by atoms with Crippen LogP contribution < -0.4 is 11.3 Å². The summed E-state index contributed by atoms with van der Waals surface area (Å²) < 4.78 is 0. The molecule has 0 saturated heterocycles. The van der Waals surface area contributed by atoms with Gasteiger partial charge in [0.2, 0.25) is 5.91 Å². The van der Waals surface area contributed by atoms with Gasteiger partial charge >= 0.3 is 6.09 Å². The van der Waals surface area contributed by atoms with Gasteiger partial charge in [-0.3, -0.25) is 10.2 Å². The lowest BCUT2D eigenvalue weighted by Gasteiger charge is -2.35. The van der Waals surface area contributed by atoms with Crippen LogP contribution in [0.3, 0.4) is 0 Å². The zero-order valence-electron chi connectivity index (χ0n) is 9.91. The standard InChI is InChI=1S/C10H19N3O3/c1-9(2,3)13(8(15)16)6-10(4-5-10)7(14)12-11/h4-6,11H2,1-3H3,(H,12,14)(H,15,16). The lowest BCUT2D eigenvalue weighted by molar-refractivity contribution is -0.127. The highest BCUT2D eigenvalue weighted by atomic mass is 16.4. The number of rotatable bonds is 3. The first-order valence-corrected chi connectivity index (χ1v) is 5.24. The van der Waals surface area contributed by atoms with Crippen LogP contribution in [-0.2, 0) is 4.79 Å². The van der Waals surface area contributed by atoms with Gasteiger partial charge in [0, 0.05) is 12.1 Å². The van der Waals surface area contributed by atoms with E-state index < -0.39 is 17.0 Å². The van der Waals surface area contributed by atoms with E-state index >= 15 is 0 Å². The lowest BCUT2D eigenvalue weighted by Crippen LogP contribution is -2.51. The Morgan fingerprint density at radius 3 is 2.19 bits per heavy atom. The molecular weight excluding hydrogens is 210 g/mol. The number of hydrogen-bond donors (Lipinski definition) is 3. The Kier molecular flexibility index (Phi) is 3.14. The van der Waals surface area contributed by atoms with Crippen LogP contribution in [0.4, 0.5) is 4.79 Å². The minimum Gasteiger partial charge on any atom is -0.465 e. The van der Waals surface area contributed by atoms with Gasteiger partial charge in [-0.25, -0.2) is 10.6 Å². The second kappa shape index (κ2) is 3.93. The molecular formula is C10H19N3O3. The van der Waals surface area contributed by atoms with E-state index in [1.165, 1.54) is 4.90 Å². The average molecular weight is 229 g/mol. The van der Waals surface area contributed by atoms with Gasteiger partial charge in [-0.1, -0.05) is 0 Å². The van der Waals surface area contributed by atoms with Gasteiger partial charge in [0.05, 0.1) is 5.41 Å². The molecule has 1 aliphatic carbocycles. The molecule has 2 amide bonds. The Morgan fingerprint density at radius 2 is 1.94 bits per heavy atom. The first-order chi connectivity index (χ1) is 7.23. The molecule has 4 N–H and O–H groups in total. The third-order valence-electron chi connectivity index (χ3n) is 2.97. The fraction of sp³-hybridized carbons (Fsp3) is 0.800. The molecule has 1 aliphatic rings. The zero-order chi connectivity index (χ0) is 12.6. The van der Waals surface area contributed by atoms with Crippen molar-refractivity contribution in [1.29, 1.82) is 0 Å². The SMILES string of the molecule is CC(C)(C)N(CC1(C(=O)NN)CC1)C(=O)O. The number of nitrogens with one attached hydrogen (secondary N) is 1. The molecule has 16 heavy (non-hydrogen) atoms. The summed E-state index contributed by atoms with van der Waals surface area (Å²) in [5.74, 6) is 4.82. The van der Waals surface area contributed by atoms with Crippen molar-refractivity contribution in [3.05, 3.63) is 0 Å². The summed E-state index contributed by atoms with van der Waals surface area (Å²) in [5.41, 5.74) is 0.977. The Bertz CT molecular complexity index is 305. The highest BCUT2D eigenvalue weighted by Crippen LogP contribution is 2.47. The smallest absolute Gasteiger partial charge is 0.407 e. The average Bonchev–Trinajstić information content (AvgIpc) is 2.91. The molecule has 6 heteroatoms. The number of amides is 2. The Labute approximate surface area is 94.8 Å². The second-order valence-corrected chi connectivity index (χ2v) is 5.29. The Hall–Kier alpha value is -1.30. The fourth-order valence-electron chi connectivity index (χ4n) is 1.66. The molecule has 0 aromatic heterocycles. The number of carbonyl (C=O) groups excluding carboxylic acids is 1. The summed E-state index contributed by atoms with van der Waals surface area (Å²) >= 11 is 0. The third-order valence-corrected chi connectivity index (χ3v) is 2.97. The van der Waals surface area contributed by atoms with E-state index in [2.05, 4.69) is 5.43 Å². The van der Waals surface area contributed by atoms with Gasteiger partial charge in [0.15, 0.2) is 0 Å². The number of nitrogens with two attached hydrogens (primary N) is 1. The van der Waals surface area contributed by atoms with E-state index in [-0.39, 0.29) is 12.5 Å². The minimum atomic E-state index is -1.01. The summed E-state index contributed by atoms with van der Waals surface area (Å²) in [6, 6.07) is 0. The fourth-order valence-corrected chi connectivity index (χ4v) is 1.66. The van der Waals surface area contributed by atoms with Crippen LogP contribution >= 0.6 is 0 Å². The number of carbonyl (C=O) groups is 2. The maximum Gasteiger partial charge on any atom is 0.407 e. The second-order valence-electron chi connectivity index (χ2n) is 5.29. The molecule has 0 atom stereocenters. The maximum absolute atomic E-state index is 11.5. The van der Waals surface area contributed by atoms with Gasteiger partial charge in [-0.05, 0) is 33.6 Å². The molecule has 92 valence electrons. The number of nitrogens with zero attached hydrogens (tertiary/aromatic N) is 1. The van der Waals surface area contributed by atoms with Crippen molar-refractivity contribution in [2.45, 2.75) is 39.2 Å². The predicted molar refractivity (Wildman–Crippen MR) is 58.5 cm³/mol. The van der Waals surface area contributed by atoms with Crippen molar-refractivity contribution in [2.24, 2.45) is 11.3 Å². The quantitative estimate of drug-likeness (QED) is 0.374. The van der Waals surface area contributed by atoms with Crippen LogP contribution in [0.25, 0.3) is 0 Å². The third kappa shape index (κ3) is 2.44. The maximum atomic E-state index is 11.5. The summed E-state index contributed by atoms with van der Waals surface area (Å²) in [6.07, 6.45) is 0.370. The lowest BCUT2D eigenvalue weighted by atomic mass is 10.0. The summed E-state index contributed by atoms with van der Waals surface area (Å²) in [6.45, 7) is 5.61. The minimum absolute atomic E-state index is 0.203. The normalized spacial score (nSPS) is 17.8. The molecule has 0 aromatic rings. The molecule has 0 unspecified atom stereocenters. The molecule has 0 aromatic carbocycles. The first-order valence-electron chi connectivity index (χ1n) is 5.24. The van der Waals surface area contributed by atoms with Gasteiger partial charge in [0.1, 0.15) is 0 Å². The van der Waals surface area contributed by atoms with Crippen molar-refractivity contribution >= 4 is 12.0 Å². The van der Waals surface area contributed by atoms with Crippen LogP contribution in [0.1, 0.15) is 33.6 Å². The molecule has 0 bridgehead atoms. The number of hydrogen-bond acceptors (Lipinski definition) is 3. The molecule has 0 heterocycles. The van der Waals surface area contributed by atoms with Crippen LogP contribution in [-0.4, -0.2) is 34.1 Å². The highest BCUT2D eigenvalue weighted by molar-refractivity contribution is 5.85. The van der Waals surface area contributed by atoms with E-state index in [0.29, 0.717) is 12.8 Å². The van der Waals surface area contributed by atoms with Crippen LogP contribution in [0.5, 0.6) is 0 Å². The van der Waals surface area contributed by atoms with E-state index in [9.17, 15) is 9.59 Å². The monoisotopic (exact) mass is 229 g/mol. The summed E-state index contributed by atoms with van der Waals surface area (Å²) in [7, 11) is 0. The van der Waals surface area contributed by atoms with Crippen molar-refractivity contribution < 1.29 is 14.7 Å². The van der Waals surface area contributed by atoms with Crippen molar-refractivity contribution in [2.75, 3.05) is 6.54 Å². The van der Waals surface area contributed by atoms with E-state index in [4.69, 9.17) is 10.9 Å². The van der Waals surface area contributed by atoms with Crippen LogP contribution in [0.2, 0.25) is 0 Å². The predicted octanol–water partition coefficient (Wildman–Crippen LogP) is 0.535. The molecule has 0 spiro atoms. The first kappa shape index (κ1) is 12.8. The molecule has 1 fully saturated rings. The highest BCUT2D eigenvalue weighted by Gasteiger charge is 2.52. The van der Waals surface area contributed by atoms with Crippen LogP contribution in [0, 0.1) is 5.41 Å². The van der Waals surface area contributed by atoms with Crippen LogP contribution in [0.15, 0.2) is 0 Å². The topological polar surface area (TPSA) is 95.7 Å². The van der Waals surface area contributed by atoms with Gasteiger partial charge in [-0.2, -0.15) is 0 Å². The summed E-state index contributed by atoms with van der Waals surface area (Å²) in [4.78, 5) is 23.9. The molecule has 0 radical (unpaired) electrons. The van der Waals surface area contributed by atoms with Gasteiger partial charge < -0.3 is 10.0 Å². The Balaban J connectivity index is 2.78. The largest absolute Gasteiger partial charge is 0.465 e. The molecule has 1 rings (SSSR count).